The third-order valence-electron chi connectivity index (χ3n) is 2.42. The van der Waals surface area contributed by atoms with Gasteiger partial charge in [-0.05, 0) is 30.9 Å². The molecule has 0 aliphatic carbocycles. The Morgan fingerprint density at radius 1 is 1.31 bits per heavy atom. The van der Waals surface area contributed by atoms with Gasteiger partial charge in [0, 0.05) is 23.7 Å². The van der Waals surface area contributed by atoms with Crippen LogP contribution >= 0.6 is 15.9 Å². The molecule has 2 N–H and O–H groups in total. The summed E-state index contributed by atoms with van der Waals surface area (Å²) in [6.07, 6.45) is 2.89. The number of rotatable bonds is 7. The predicted molar refractivity (Wildman–Crippen MR) is 71.5 cm³/mol. The van der Waals surface area contributed by atoms with Gasteiger partial charge in [-0.2, -0.15) is 0 Å². The molecule has 1 aromatic carbocycles. The van der Waals surface area contributed by atoms with Gasteiger partial charge in [0.25, 0.3) is 0 Å². The molecule has 0 aromatic heterocycles. The van der Waals surface area contributed by atoms with Gasteiger partial charge in [0.2, 0.25) is 0 Å². The van der Waals surface area contributed by atoms with Crippen LogP contribution in [0.3, 0.4) is 0 Å². The van der Waals surface area contributed by atoms with Crippen molar-refractivity contribution in [2.45, 2.75) is 32.2 Å². The zero-order valence-corrected chi connectivity index (χ0v) is 11.4. The van der Waals surface area contributed by atoms with Crippen LogP contribution in [0, 0.1) is 0 Å². The van der Waals surface area contributed by atoms with Crippen molar-refractivity contribution in [2.24, 2.45) is 5.73 Å². The average molecular weight is 286 g/mol. The maximum atomic E-state index is 6.06. The van der Waals surface area contributed by atoms with Gasteiger partial charge in [-0.1, -0.05) is 41.1 Å². The fourth-order valence-corrected chi connectivity index (χ4v) is 1.98. The second kappa shape index (κ2) is 7.82. The Labute approximate surface area is 106 Å². The molecule has 16 heavy (non-hydrogen) atoms. The third kappa shape index (κ3) is 5.10. The summed E-state index contributed by atoms with van der Waals surface area (Å²) in [6, 6.07) is 8.40. The lowest BCUT2D eigenvalue weighted by Crippen LogP contribution is -2.24. The Hall–Kier alpha value is -0.380. The lowest BCUT2D eigenvalue weighted by atomic mass is 10.0. The molecule has 0 aliphatic heterocycles. The normalized spacial score (nSPS) is 12.7. The van der Waals surface area contributed by atoms with Crippen molar-refractivity contribution in [1.82, 2.24) is 0 Å². The molecule has 0 bridgehead atoms. The zero-order valence-electron chi connectivity index (χ0n) is 9.79. The molecule has 1 atom stereocenters. The van der Waals surface area contributed by atoms with Crippen LogP contribution in [0.1, 0.15) is 25.3 Å². The summed E-state index contributed by atoms with van der Waals surface area (Å²) >= 11 is 3.53. The first kappa shape index (κ1) is 13.7. The highest BCUT2D eigenvalue weighted by Crippen LogP contribution is 2.17. The molecule has 0 amide bonds. The first-order valence-corrected chi connectivity index (χ1v) is 6.60. The summed E-state index contributed by atoms with van der Waals surface area (Å²) in [5.41, 5.74) is 7.32. The molecular formula is C13H20BrNO. The minimum atomic E-state index is 0.176. The topological polar surface area (TPSA) is 35.2 Å². The van der Waals surface area contributed by atoms with Crippen LogP contribution in [0.15, 0.2) is 28.7 Å². The molecule has 0 saturated heterocycles. The monoisotopic (exact) mass is 285 g/mol. The first-order valence-electron chi connectivity index (χ1n) is 5.80. The van der Waals surface area contributed by atoms with Crippen molar-refractivity contribution < 1.29 is 4.74 Å². The molecule has 0 spiro atoms. The van der Waals surface area contributed by atoms with Crippen molar-refractivity contribution in [3.63, 3.8) is 0 Å². The molecule has 0 aliphatic rings. The number of ether oxygens (including phenoxy) is 1. The van der Waals surface area contributed by atoms with E-state index in [9.17, 15) is 0 Å². The largest absolute Gasteiger partial charge is 0.381 e. The van der Waals surface area contributed by atoms with E-state index in [-0.39, 0.29) is 6.04 Å². The number of benzene rings is 1. The molecule has 0 heterocycles. The molecule has 2 nitrogen and oxygen atoms in total. The van der Waals surface area contributed by atoms with Gasteiger partial charge < -0.3 is 10.5 Å². The molecule has 0 fully saturated rings. The Kier molecular flexibility index (Phi) is 6.69. The molecule has 90 valence electrons. The number of nitrogens with two attached hydrogens (primary N) is 1. The highest BCUT2D eigenvalue weighted by Gasteiger charge is 2.06. The molecule has 3 heteroatoms. The van der Waals surface area contributed by atoms with Gasteiger partial charge in [0.1, 0.15) is 0 Å². The van der Waals surface area contributed by atoms with Gasteiger partial charge in [-0.15, -0.1) is 0 Å². The lowest BCUT2D eigenvalue weighted by molar-refractivity contribution is 0.127. The summed E-state index contributed by atoms with van der Waals surface area (Å²) in [6.45, 7) is 3.71. The van der Waals surface area contributed by atoms with Crippen LogP contribution in [0.2, 0.25) is 0 Å². The van der Waals surface area contributed by atoms with Crippen LogP contribution in [-0.2, 0) is 11.2 Å². The lowest BCUT2D eigenvalue weighted by Gasteiger charge is -2.12. The fraction of sp³-hybridized carbons (Fsp3) is 0.538. The van der Waals surface area contributed by atoms with Gasteiger partial charge >= 0.3 is 0 Å². The van der Waals surface area contributed by atoms with E-state index < -0.39 is 0 Å². The molecule has 0 radical (unpaired) electrons. The summed E-state index contributed by atoms with van der Waals surface area (Å²) in [5, 5.41) is 0. The highest BCUT2D eigenvalue weighted by atomic mass is 79.9. The quantitative estimate of drug-likeness (QED) is 0.782. The van der Waals surface area contributed by atoms with Crippen molar-refractivity contribution >= 4 is 15.9 Å². The van der Waals surface area contributed by atoms with E-state index in [0.717, 1.165) is 36.9 Å². The maximum absolute atomic E-state index is 6.06. The number of hydrogen-bond acceptors (Lipinski definition) is 2. The molecule has 0 saturated carbocycles. The predicted octanol–water partition coefficient (Wildman–Crippen LogP) is 3.14. The fourth-order valence-electron chi connectivity index (χ4n) is 1.53. The standard InChI is InChI=1S/C13H20BrNO/c1-2-8-16-9-7-12(15)10-11-5-3-4-6-13(11)14/h3-6,12H,2,7-10,15H2,1H3. The molecule has 1 rings (SSSR count). The highest BCUT2D eigenvalue weighted by molar-refractivity contribution is 9.10. The van der Waals surface area contributed by atoms with E-state index >= 15 is 0 Å². The average Bonchev–Trinajstić information content (AvgIpc) is 2.28. The van der Waals surface area contributed by atoms with Crippen LogP contribution in [0.4, 0.5) is 0 Å². The first-order chi connectivity index (χ1) is 7.74. The van der Waals surface area contributed by atoms with Crippen molar-refractivity contribution in [1.29, 1.82) is 0 Å². The van der Waals surface area contributed by atoms with E-state index in [0.29, 0.717) is 0 Å². The van der Waals surface area contributed by atoms with Crippen molar-refractivity contribution in [3.8, 4) is 0 Å². The van der Waals surface area contributed by atoms with Gasteiger partial charge in [0.15, 0.2) is 0 Å². The SMILES string of the molecule is CCCOCCC(N)Cc1ccccc1Br. The maximum Gasteiger partial charge on any atom is 0.0480 e. The zero-order chi connectivity index (χ0) is 11.8. The third-order valence-corrected chi connectivity index (χ3v) is 3.20. The summed E-state index contributed by atoms with van der Waals surface area (Å²) < 4.78 is 6.57. The minimum absolute atomic E-state index is 0.176. The van der Waals surface area contributed by atoms with Crippen LogP contribution < -0.4 is 5.73 Å². The molecule has 1 unspecified atom stereocenters. The Bertz CT molecular complexity index is 304. The van der Waals surface area contributed by atoms with E-state index in [1.165, 1.54) is 5.56 Å². The van der Waals surface area contributed by atoms with Gasteiger partial charge in [0.05, 0.1) is 0 Å². The van der Waals surface area contributed by atoms with E-state index in [4.69, 9.17) is 10.5 Å². The van der Waals surface area contributed by atoms with Crippen LogP contribution in [-0.4, -0.2) is 19.3 Å². The second-order valence-electron chi connectivity index (χ2n) is 3.96. The van der Waals surface area contributed by atoms with Crippen LogP contribution in [0.25, 0.3) is 0 Å². The summed E-state index contributed by atoms with van der Waals surface area (Å²) in [7, 11) is 0. The van der Waals surface area contributed by atoms with E-state index in [1.807, 2.05) is 12.1 Å². The summed E-state index contributed by atoms with van der Waals surface area (Å²) in [5.74, 6) is 0. The minimum Gasteiger partial charge on any atom is -0.381 e. The Morgan fingerprint density at radius 3 is 2.75 bits per heavy atom. The van der Waals surface area contributed by atoms with Crippen molar-refractivity contribution in [2.75, 3.05) is 13.2 Å². The number of halogens is 1. The summed E-state index contributed by atoms with van der Waals surface area (Å²) in [4.78, 5) is 0. The Morgan fingerprint density at radius 2 is 2.06 bits per heavy atom. The Balaban J connectivity index is 2.28. The second-order valence-corrected chi connectivity index (χ2v) is 4.81. The molecule has 1 aromatic rings. The van der Waals surface area contributed by atoms with Gasteiger partial charge in [-0.25, -0.2) is 0 Å². The van der Waals surface area contributed by atoms with E-state index in [1.54, 1.807) is 0 Å². The smallest absolute Gasteiger partial charge is 0.0480 e. The van der Waals surface area contributed by atoms with Crippen molar-refractivity contribution in [3.05, 3.63) is 34.3 Å². The van der Waals surface area contributed by atoms with Gasteiger partial charge in [-0.3, -0.25) is 0 Å². The van der Waals surface area contributed by atoms with E-state index in [2.05, 4.69) is 35.0 Å². The molecular weight excluding hydrogens is 266 g/mol. The van der Waals surface area contributed by atoms with Crippen LogP contribution in [0.5, 0.6) is 0 Å². The number of hydrogen-bond donors (Lipinski definition) is 1.